The van der Waals surface area contributed by atoms with Crippen LogP contribution in [0.5, 0.6) is 0 Å². The standard InChI is InChI=1S/C13H16ClN3O2/c1-3-5-17-13(18)12(11(14)8-15-17)16-9-6-10(7-9)19-4-2/h1,8-10,16H,4-7H2,2H3. The second kappa shape index (κ2) is 6.09. The molecule has 5 nitrogen and oxygen atoms in total. The Labute approximate surface area is 116 Å². The van der Waals surface area contributed by atoms with Crippen LogP contribution in [-0.4, -0.2) is 28.5 Å². The predicted molar refractivity (Wildman–Crippen MR) is 74.4 cm³/mol. The van der Waals surface area contributed by atoms with Crippen LogP contribution in [0, 0.1) is 12.3 Å². The first kappa shape index (κ1) is 13.9. The van der Waals surface area contributed by atoms with Crippen LogP contribution >= 0.6 is 11.6 Å². The van der Waals surface area contributed by atoms with Gasteiger partial charge in [-0.2, -0.15) is 5.10 Å². The lowest BCUT2D eigenvalue weighted by Gasteiger charge is -2.35. The number of terminal acetylenes is 1. The number of rotatable bonds is 5. The normalized spacial score (nSPS) is 21.5. The monoisotopic (exact) mass is 281 g/mol. The molecule has 2 rings (SSSR count). The smallest absolute Gasteiger partial charge is 0.292 e. The molecule has 19 heavy (non-hydrogen) atoms. The fraction of sp³-hybridized carbons (Fsp3) is 0.538. The van der Waals surface area contributed by atoms with E-state index in [1.165, 1.54) is 10.9 Å². The molecule has 0 amide bonds. The van der Waals surface area contributed by atoms with Gasteiger partial charge in [-0.15, -0.1) is 6.42 Å². The van der Waals surface area contributed by atoms with Crippen LogP contribution in [0.2, 0.25) is 5.02 Å². The van der Waals surface area contributed by atoms with E-state index in [0.717, 1.165) is 12.8 Å². The number of nitrogens with zero attached hydrogens (tertiary/aromatic N) is 2. The van der Waals surface area contributed by atoms with E-state index in [9.17, 15) is 4.79 Å². The third-order valence-electron chi connectivity index (χ3n) is 3.08. The van der Waals surface area contributed by atoms with Gasteiger partial charge in [-0.1, -0.05) is 17.5 Å². The summed E-state index contributed by atoms with van der Waals surface area (Å²) in [4.78, 5) is 12.1. The number of ether oxygens (including phenoxy) is 1. The summed E-state index contributed by atoms with van der Waals surface area (Å²) in [6.07, 6.45) is 8.65. The van der Waals surface area contributed by atoms with Crippen molar-refractivity contribution >= 4 is 17.3 Å². The van der Waals surface area contributed by atoms with E-state index in [1.807, 2.05) is 6.92 Å². The minimum Gasteiger partial charge on any atom is -0.378 e. The van der Waals surface area contributed by atoms with Crippen molar-refractivity contribution in [3.05, 3.63) is 21.6 Å². The summed E-state index contributed by atoms with van der Waals surface area (Å²) < 4.78 is 6.69. The van der Waals surface area contributed by atoms with Crippen molar-refractivity contribution in [1.82, 2.24) is 9.78 Å². The van der Waals surface area contributed by atoms with Crippen molar-refractivity contribution in [2.75, 3.05) is 11.9 Å². The SMILES string of the molecule is C#CCn1ncc(Cl)c(NC2CC(OCC)C2)c1=O. The number of anilines is 1. The first-order valence-electron chi connectivity index (χ1n) is 6.23. The van der Waals surface area contributed by atoms with Gasteiger partial charge in [0.2, 0.25) is 0 Å². The Morgan fingerprint density at radius 1 is 1.68 bits per heavy atom. The number of halogens is 1. The highest BCUT2D eigenvalue weighted by Crippen LogP contribution is 2.27. The molecule has 1 aliphatic rings. The van der Waals surface area contributed by atoms with Crippen LogP contribution in [0.15, 0.2) is 11.0 Å². The van der Waals surface area contributed by atoms with Crippen molar-refractivity contribution in [1.29, 1.82) is 0 Å². The molecule has 0 aromatic carbocycles. The summed E-state index contributed by atoms with van der Waals surface area (Å²) in [7, 11) is 0. The maximum Gasteiger partial charge on any atom is 0.292 e. The van der Waals surface area contributed by atoms with Crippen molar-refractivity contribution in [3.8, 4) is 12.3 Å². The van der Waals surface area contributed by atoms with E-state index in [1.54, 1.807) is 0 Å². The van der Waals surface area contributed by atoms with E-state index in [4.69, 9.17) is 22.8 Å². The van der Waals surface area contributed by atoms with Crippen molar-refractivity contribution in [2.45, 2.75) is 38.5 Å². The Morgan fingerprint density at radius 2 is 2.42 bits per heavy atom. The zero-order valence-corrected chi connectivity index (χ0v) is 11.5. The highest BCUT2D eigenvalue weighted by molar-refractivity contribution is 6.33. The van der Waals surface area contributed by atoms with E-state index in [0.29, 0.717) is 17.3 Å². The number of aromatic nitrogens is 2. The van der Waals surface area contributed by atoms with Gasteiger partial charge in [0.15, 0.2) is 0 Å². The molecule has 1 aromatic rings. The first-order chi connectivity index (χ1) is 9.15. The molecule has 1 aromatic heterocycles. The molecular weight excluding hydrogens is 266 g/mol. The summed E-state index contributed by atoms with van der Waals surface area (Å²) >= 11 is 6.00. The van der Waals surface area contributed by atoms with Crippen LogP contribution < -0.4 is 10.9 Å². The summed E-state index contributed by atoms with van der Waals surface area (Å²) in [5.41, 5.74) is 0.0807. The maximum atomic E-state index is 12.1. The summed E-state index contributed by atoms with van der Waals surface area (Å²) in [6, 6.07) is 0.212. The predicted octanol–water partition coefficient (Wildman–Crippen LogP) is 1.51. The largest absolute Gasteiger partial charge is 0.378 e. The summed E-state index contributed by atoms with van der Waals surface area (Å²) in [6.45, 7) is 2.82. The molecule has 0 saturated heterocycles. The second-order valence-electron chi connectivity index (χ2n) is 4.42. The van der Waals surface area contributed by atoms with Gasteiger partial charge in [0, 0.05) is 12.6 Å². The van der Waals surface area contributed by atoms with Gasteiger partial charge >= 0.3 is 0 Å². The lowest BCUT2D eigenvalue weighted by Crippen LogP contribution is -2.42. The molecule has 0 bridgehead atoms. The van der Waals surface area contributed by atoms with Crippen molar-refractivity contribution in [2.24, 2.45) is 0 Å². The molecule has 1 aliphatic carbocycles. The molecule has 0 aliphatic heterocycles. The Morgan fingerprint density at radius 3 is 3.05 bits per heavy atom. The molecule has 0 atom stereocenters. The number of nitrogens with one attached hydrogen (secondary N) is 1. The molecule has 6 heteroatoms. The minimum atomic E-state index is -0.287. The third kappa shape index (κ3) is 3.09. The molecule has 1 N–H and O–H groups in total. The summed E-state index contributed by atoms with van der Waals surface area (Å²) in [5, 5.41) is 7.35. The van der Waals surface area contributed by atoms with Gasteiger partial charge < -0.3 is 10.1 Å². The summed E-state index contributed by atoms with van der Waals surface area (Å²) in [5.74, 6) is 2.39. The highest BCUT2D eigenvalue weighted by Gasteiger charge is 2.30. The molecule has 0 unspecified atom stereocenters. The van der Waals surface area contributed by atoms with Gasteiger partial charge in [0.1, 0.15) is 12.2 Å². The van der Waals surface area contributed by atoms with Gasteiger partial charge in [0.25, 0.3) is 5.56 Å². The van der Waals surface area contributed by atoms with Crippen molar-refractivity contribution < 1.29 is 4.74 Å². The fourth-order valence-electron chi connectivity index (χ4n) is 2.06. The minimum absolute atomic E-state index is 0.136. The van der Waals surface area contributed by atoms with E-state index in [2.05, 4.69) is 16.3 Å². The Hall–Kier alpha value is -1.51. The molecule has 1 saturated carbocycles. The lowest BCUT2D eigenvalue weighted by molar-refractivity contribution is 0.00296. The first-order valence-corrected chi connectivity index (χ1v) is 6.60. The molecule has 1 fully saturated rings. The van der Waals surface area contributed by atoms with Gasteiger partial charge in [0.05, 0.1) is 17.3 Å². The second-order valence-corrected chi connectivity index (χ2v) is 4.83. The zero-order valence-electron chi connectivity index (χ0n) is 10.7. The molecule has 1 heterocycles. The van der Waals surface area contributed by atoms with Gasteiger partial charge in [-0.3, -0.25) is 4.79 Å². The van der Waals surface area contributed by atoms with Crippen LogP contribution in [0.25, 0.3) is 0 Å². The lowest BCUT2D eigenvalue weighted by atomic mass is 9.89. The van der Waals surface area contributed by atoms with Crippen LogP contribution in [0.3, 0.4) is 0 Å². The van der Waals surface area contributed by atoms with Gasteiger partial charge in [-0.05, 0) is 19.8 Å². The Bertz CT molecular complexity index is 544. The van der Waals surface area contributed by atoms with Crippen molar-refractivity contribution in [3.63, 3.8) is 0 Å². The molecular formula is C13H16ClN3O2. The molecule has 102 valence electrons. The van der Waals surface area contributed by atoms with E-state index in [-0.39, 0.29) is 24.2 Å². The van der Waals surface area contributed by atoms with Crippen LogP contribution in [0.1, 0.15) is 19.8 Å². The molecule has 0 radical (unpaired) electrons. The average Bonchev–Trinajstić information content (AvgIpc) is 2.34. The molecule has 0 spiro atoms. The number of hydrogen-bond donors (Lipinski definition) is 1. The quantitative estimate of drug-likeness (QED) is 0.831. The third-order valence-corrected chi connectivity index (χ3v) is 3.37. The fourth-order valence-corrected chi connectivity index (χ4v) is 2.24. The maximum absolute atomic E-state index is 12.1. The average molecular weight is 282 g/mol. The topological polar surface area (TPSA) is 56.1 Å². The Kier molecular flexibility index (Phi) is 4.46. The van der Waals surface area contributed by atoms with Gasteiger partial charge in [-0.25, -0.2) is 4.68 Å². The highest BCUT2D eigenvalue weighted by atomic mass is 35.5. The van der Waals surface area contributed by atoms with Crippen LogP contribution in [-0.2, 0) is 11.3 Å². The zero-order chi connectivity index (χ0) is 13.8. The van der Waals surface area contributed by atoms with E-state index < -0.39 is 0 Å². The van der Waals surface area contributed by atoms with Crippen LogP contribution in [0.4, 0.5) is 5.69 Å². The number of hydrogen-bond acceptors (Lipinski definition) is 4. The Balaban J connectivity index is 2.07. The van der Waals surface area contributed by atoms with E-state index >= 15 is 0 Å².